The molecule has 0 aliphatic rings. The van der Waals surface area contributed by atoms with Gasteiger partial charge in [-0.25, -0.2) is 0 Å². The molecule has 0 aromatic heterocycles. The van der Waals surface area contributed by atoms with Crippen molar-refractivity contribution in [2.45, 2.75) is 25.7 Å². The van der Waals surface area contributed by atoms with Crippen LogP contribution in [0.3, 0.4) is 0 Å². The van der Waals surface area contributed by atoms with Crippen molar-refractivity contribution in [3.8, 4) is 5.75 Å². The molecule has 0 spiro atoms. The smallest absolute Gasteiger partial charge is 0.220 e. The molecule has 1 amide bonds. The van der Waals surface area contributed by atoms with Crippen LogP contribution in [-0.4, -0.2) is 45.1 Å². The summed E-state index contributed by atoms with van der Waals surface area (Å²) in [6, 6.07) is 7.90. The number of methoxy groups -OCH3 is 1. The molecule has 20 heavy (non-hydrogen) atoms. The predicted molar refractivity (Wildman–Crippen MR) is 82.2 cm³/mol. The minimum absolute atomic E-state index is 0.110. The largest absolute Gasteiger partial charge is 0.497 e. The van der Waals surface area contributed by atoms with E-state index >= 15 is 0 Å². The first-order chi connectivity index (χ1) is 9.52. The summed E-state index contributed by atoms with van der Waals surface area (Å²) in [6.07, 6.45) is 1.49. The molecule has 1 aromatic rings. The summed E-state index contributed by atoms with van der Waals surface area (Å²) in [4.78, 5) is 14.0. The lowest BCUT2D eigenvalue weighted by Gasteiger charge is -2.14. The molecule has 0 heterocycles. The monoisotopic (exact) mass is 278 g/mol. The average Bonchev–Trinajstić information content (AvgIpc) is 2.43. The maximum Gasteiger partial charge on any atom is 0.220 e. The molecule has 0 aliphatic heterocycles. The molecule has 1 atom stereocenters. The van der Waals surface area contributed by atoms with Crippen LogP contribution in [0.25, 0.3) is 0 Å². The van der Waals surface area contributed by atoms with Crippen molar-refractivity contribution in [3.05, 3.63) is 29.8 Å². The first-order valence-electron chi connectivity index (χ1n) is 7.08. The number of rotatable bonds is 8. The highest BCUT2D eigenvalue weighted by Gasteiger charge is 2.11. The number of amides is 1. The van der Waals surface area contributed by atoms with Crippen LogP contribution >= 0.6 is 0 Å². The highest BCUT2D eigenvalue weighted by Crippen LogP contribution is 2.22. The minimum Gasteiger partial charge on any atom is -0.497 e. The molecule has 0 saturated carbocycles. The van der Waals surface area contributed by atoms with Crippen LogP contribution in [0.4, 0.5) is 0 Å². The van der Waals surface area contributed by atoms with Gasteiger partial charge in [0, 0.05) is 13.0 Å². The van der Waals surface area contributed by atoms with E-state index in [1.165, 1.54) is 0 Å². The fraction of sp³-hybridized carbons (Fsp3) is 0.562. The molecule has 0 fully saturated rings. The number of ether oxygens (including phenoxy) is 1. The summed E-state index contributed by atoms with van der Waals surface area (Å²) < 4.78 is 5.21. The lowest BCUT2D eigenvalue weighted by Crippen LogP contribution is -2.27. The van der Waals surface area contributed by atoms with Gasteiger partial charge in [-0.3, -0.25) is 4.79 Å². The van der Waals surface area contributed by atoms with Gasteiger partial charge in [0.05, 0.1) is 7.11 Å². The standard InChI is InChI=1S/C16H26N2O2/c1-13(14-7-5-8-15(12-14)20-4)11-16(19)17-9-6-10-18(2)3/h5,7-8,12-13H,6,9-11H2,1-4H3,(H,17,19). The number of hydrogen-bond donors (Lipinski definition) is 1. The van der Waals surface area contributed by atoms with Gasteiger partial charge in [0.1, 0.15) is 5.75 Å². The Balaban J connectivity index is 2.37. The van der Waals surface area contributed by atoms with E-state index in [0.717, 1.165) is 30.8 Å². The molecular formula is C16H26N2O2. The highest BCUT2D eigenvalue weighted by atomic mass is 16.5. The molecule has 1 unspecified atom stereocenters. The average molecular weight is 278 g/mol. The van der Waals surface area contributed by atoms with Crippen molar-refractivity contribution in [1.29, 1.82) is 0 Å². The fourth-order valence-electron chi connectivity index (χ4n) is 2.04. The number of carbonyl (C=O) groups excluding carboxylic acids is 1. The van der Waals surface area contributed by atoms with E-state index in [4.69, 9.17) is 4.74 Å². The zero-order valence-electron chi connectivity index (χ0n) is 13.0. The number of benzene rings is 1. The van der Waals surface area contributed by atoms with E-state index in [9.17, 15) is 4.79 Å². The third-order valence-corrected chi connectivity index (χ3v) is 3.26. The Morgan fingerprint density at radius 3 is 2.80 bits per heavy atom. The van der Waals surface area contributed by atoms with E-state index in [2.05, 4.69) is 17.1 Å². The van der Waals surface area contributed by atoms with Crippen LogP contribution in [0.15, 0.2) is 24.3 Å². The van der Waals surface area contributed by atoms with Gasteiger partial charge >= 0.3 is 0 Å². The van der Waals surface area contributed by atoms with Crippen molar-refractivity contribution < 1.29 is 9.53 Å². The minimum atomic E-state index is 0.110. The topological polar surface area (TPSA) is 41.6 Å². The molecule has 0 bridgehead atoms. The second-order valence-electron chi connectivity index (χ2n) is 5.39. The lowest BCUT2D eigenvalue weighted by atomic mass is 9.97. The summed E-state index contributed by atoms with van der Waals surface area (Å²) in [7, 11) is 5.72. The molecule has 112 valence electrons. The van der Waals surface area contributed by atoms with Gasteiger partial charge in [0.15, 0.2) is 0 Å². The second-order valence-corrected chi connectivity index (χ2v) is 5.39. The Labute approximate surface area is 122 Å². The van der Waals surface area contributed by atoms with E-state index in [0.29, 0.717) is 6.42 Å². The van der Waals surface area contributed by atoms with Gasteiger partial charge in [0.2, 0.25) is 5.91 Å². The van der Waals surface area contributed by atoms with E-state index in [-0.39, 0.29) is 11.8 Å². The number of nitrogens with one attached hydrogen (secondary N) is 1. The highest BCUT2D eigenvalue weighted by molar-refractivity contribution is 5.76. The third kappa shape index (κ3) is 6.06. The summed E-state index contributed by atoms with van der Waals surface area (Å²) in [5.74, 6) is 1.14. The number of hydrogen-bond acceptors (Lipinski definition) is 3. The molecule has 4 nitrogen and oxygen atoms in total. The molecular weight excluding hydrogens is 252 g/mol. The van der Waals surface area contributed by atoms with Crippen LogP contribution in [0.1, 0.15) is 31.2 Å². The van der Waals surface area contributed by atoms with Gasteiger partial charge in [0.25, 0.3) is 0 Å². The predicted octanol–water partition coefficient (Wildman–Crippen LogP) is 2.26. The van der Waals surface area contributed by atoms with Crippen LogP contribution in [0.5, 0.6) is 5.75 Å². The first-order valence-corrected chi connectivity index (χ1v) is 7.08. The second kappa shape index (κ2) is 8.59. The van der Waals surface area contributed by atoms with Crippen molar-refractivity contribution in [3.63, 3.8) is 0 Å². The Morgan fingerprint density at radius 2 is 2.15 bits per heavy atom. The number of nitrogens with zero attached hydrogens (tertiary/aromatic N) is 1. The summed E-state index contributed by atoms with van der Waals surface area (Å²) in [5.41, 5.74) is 1.13. The molecule has 0 saturated heterocycles. The maximum absolute atomic E-state index is 11.9. The normalized spacial score (nSPS) is 12.2. The van der Waals surface area contributed by atoms with E-state index < -0.39 is 0 Å². The Hall–Kier alpha value is -1.55. The zero-order valence-corrected chi connectivity index (χ0v) is 13.0. The Kier molecular flexibility index (Phi) is 7.09. The molecule has 1 aromatic carbocycles. The maximum atomic E-state index is 11.9. The van der Waals surface area contributed by atoms with Crippen LogP contribution < -0.4 is 10.1 Å². The molecule has 1 N–H and O–H groups in total. The lowest BCUT2D eigenvalue weighted by molar-refractivity contribution is -0.121. The quantitative estimate of drug-likeness (QED) is 0.742. The van der Waals surface area contributed by atoms with Crippen molar-refractivity contribution in [2.75, 3.05) is 34.3 Å². The zero-order chi connectivity index (χ0) is 15.0. The Morgan fingerprint density at radius 1 is 1.40 bits per heavy atom. The molecule has 4 heteroatoms. The van der Waals surface area contributed by atoms with Gasteiger partial charge in [-0.05, 0) is 50.7 Å². The van der Waals surface area contributed by atoms with Gasteiger partial charge in [-0.2, -0.15) is 0 Å². The van der Waals surface area contributed by atoms with Gasteiger partial charge in [-0.1, -0.05) is 19.1 Å². The van der Waals surface area contributed by atoms with Crippen molar-refractivity contribution in [1.82, 2.24) is 10.2 Å². The molecule has 0 radical (unpaired) electrons. The van der Waals surface area contributed by atoms with E-state index in [1.807, 2.05) is 38.4 Å². The van der Waals surface area contributed by atoms with Crippen molar-refractivity contribution >= 4 is 5.91 Å². The summed E-state index contributed by atoms with van der Waals surface area (Å²) >= 11 is 0. The van der Waals surface area contributed by atoms with Gasteiger partial charge in [-0.15, -0.1) is 0 Å². The number of carbonyl (C=O) groups is 1. The molecule has 0 aliphatic carbocycles. The van der Waals surface area contributed by atoms with E-state index in [1.54, 1.807) is 7.11 Å². The first kappa shape index (κ1) is 16.5. The summed E-state index contributed by atoms with van der Waals surface area (Å²) in [5, 5.41) is 2.97. The van der Waals surface area contributed by atoms with Crippen LogP contribution in [0.2, 0.25) is 0 Å². The Bertz CT molecular complexity index is 419. The molecule has 1 rings (SSSR count). The SMILES string of the molecule is COc1cccc(C(C)CC(=O)NCCCN(C)C)c1. The van der Waals surface area contributed by atoms with Crippen LogP contribution in [-0.2, 0) is 4.79 Å². The fourth-order valence-corrected chi connectivity index (χ4v) is 2.04. The third-order valence-electron chi connectivity index (χ3n) is 3.26. The van der Waals surface area contributed by atoms with Gasteiger partial charge < -0.3 is 15.0 Å². The van der Waals surface area contributed by atoms with Crippen LogP contribution in [0, 0.1) is 0 Å². The summed E-state index contributed by atoms with van der Waals surface area (Å²) in [6.45, 7) is 3.79. The van der Waals surface area contributed by atoms with Crippen molar-refractivity contribution in [2.24, 2.45) is 0 Å².